The Kier molecular flexibility index (Phi) is 4.02. The highest BCUT2D eigenvalue weighted by molar-refractivity contribution is 5.93. The topological polar surface area (TPSA) is 97.1 Å². The van der Waals surface area contributed by atoms with E-state index in [4.69, 9.17) is 5.11 Å². The summed E-state index contributed by atoms with van der Waals surface area (Å²) >= 11 is 0. The van der Waals surface area contributed by atoms with Crippen LogP contribution in [-0.4, -0.2) is 31.7 Å². The molecule has 0 saturated heterocycles. The Morgan fingerprint density at radius 2 is 2.14 bits per heavy atom. The van der Waals surface area contributed by atoms with E-state index in [0.29, 0.717) is 11.5 Å². The highest BCUT2D eigenvalue weighted by Crippen LogP contribution is 2.21. The number of carbonyl (C=O) groups excluding carboxylic acids is 1. The number of hydrogen-bond acceptors (Lipinski definition) is 4. The SMILES string of the molecule is CC(C)(CC(=O)Nc1ccc(-n2cccn2)nc1)C(=O)O. The summed E-state index contributed by atoms with van der Waals surface area (Å²) in [5.74, 6) is -0.746. The molecule has 21 heavy (non-hydrogen) atoms. The number of hydrogen-bond donors (Lipinski definition) is 2. The van der Waals surface area contributed by atoms with Gasteiger partial charge in [-0.25, -0.2) is 9.67 Å². The molecule has 2 N–H and O–H groups in total. The van der Waals surface area contributed by atoms with E-state index in [1.807, 2.05) is 0 Å². The molecule has 0 saturated carbocycles. The molecular weight excluding hydrogens is 272 g/mol. The molecule has 7 nitrogen and oxygen atoms in total. The number of amides is 1. The second-order valence-corrected chi connectivity index (χ2v) is 5.27. The lowest BCUT2D eigenvalue weighted by molar-refractivity contribution is -0.148. The third-order valence-electron chi connectivity index (χ3n) is 2.95. The fourth-order valence-electron chi connectivity index (χ4n) is 1.68. The fourth-order valence-corrected chi connectivity index (χ4v) is 1.68. The Balaban J connectivity index is 2.01. The first kappa shape index (κ1) is 14.7. The molecule has 0 unspecified atom stereocenters. The molecule has 110 valence electrons. The van der Waals surface area contributed by atoms with Gasteiger partial charge in [0.05, 0.1) is 17.3 Å². The van der Waals surface area contributed by atoms with Gasteiger partial charge in [-0.15, -0.1) is 0 Å². The van der Waals surface area contributed by atoms with Crippen LogP contribution in [0.5, 0.6) is 0 Å². The summed E-state index contributed by atoms with van der Waals surface area (Å²) in [7, 11) is 0. The summed E-state index contributed by atoms with van der Waals surface area (Å²) in [5, 5.41) is 15.7. The summed E-state index contributed by atoms with van der Waals surface area (Å²) in [4.78, 5) is 27.0. The van der Waals surface area contributed by atoms with Crippen LogP contribution < -0.4 is 5.32 Å². The fraction of sp³-hybridized carbons (Fsp3) is 0.286. The van der Waals surface area contributed by atoms with Crippen molar-refractivity contribution < 1.29 is 14.7 Å². The maximum Gasteiger partial charge on any atom is 0.309 e. The molecule has 0 atom stereocenters. The number of rotatable bonds is 5. The van der Waals surface area contributed by atoms with Crippen LogP contribution in [-0.2, 0) is 9.59 Å². The molecule has 0 radical (unpaired) electrons. The molecule has 0 spiro atoms. The maximum atomic E-state index is 11.8. The van der Waals surface area contributed by atoms with Crippen LogP contribution >= 0.6 is 0 Å². The molecule has 0 aliphatic carbocycles. The normalized spacial score (nSPS) is 11.1. The van der Waals surface area contributed by atoms with Crippen LogP contribution in [0.1, 0.15) is 20.3 Å². The van der Waals surface area contributed by atoms with Gasteiger partial charge in [-0.1, -0.05) is 0 Å². The summed E-state index contributed by atoms with van der Waals surface area (Å²) < 4.78 is 1.60. The predicted molar refractivity (Wildman–Crippen MR) is 76.0 cm³/mol. The molecule has 7 heteroatoms. The largest absolute Gasteiger partial charge is 0.481 e. The second-order valence-electron chi connectivity index (χ2n) is 5.27. The van der Waals surface area contributed by atoms with Crippen molar-refractivity contribution in [3.05, 3.63) is 36.8 Å². The van der Waals surface area contributed by atoms with Gasteiger partial charge in [-0.3, -0.25) is 9.59 Å². The van der Waals surface area contributed by atoms with E-state index in [2.05, 4.69) is 15.4 Å². The first-order valence-electron chi connectivity index (χ1n) is 6.38. The van der Waals surface area contributed by atoms with Crippen LogP contribution in [0.25, 0.3) is 5.82 Å². The van der Waals surface area contributed by atoms with Gasteiger partial charge in [0.15, 0.2) is 5.82 Å². The van der Waals surface area contributed by atoms with Gasteiger partial charge in [0, 0.05) is 18.8 Å². The van der Waals surface area contributed by atoms with E-state index in [-0.39, 0.29) is 12.3 Å². The average Bonchev–Trinajstić information content (AvgIpc) is 2.92. The molecule has 2 aromatic heterocycles. The third kappa shape index (κ3) is 3.65. The summed E-state index contributed by atoms with van der Waals surface area (Å²) in [6.45, 7) is 3.02. The monoisotopic (exact) mass is 288 g/mol. The second kappa shape index (κ2) is 5.74. The number of carboxylic acid groups (broad SMARTS) is 1. The molecule has 0 bridgehead atoms. The summed E-state index contributed by atoms with van der Waals surface area (Å²) in [5.41, 5.74) is -0.593. The highest BCUT2D eigenvalue weighted by Gasteiger charge is 2.30. The number of aromatic nitrogens is 3. The molecule has 2 heterocycles. The molecule has 0 fully saturated rings. The first-order valence-corrected chi connectivity index (χ1v) is 6.38. The van der Waals surface area contributed by atoms with Crippen molar-refractivity contribution in [3.8, 4) is 5.82 Å². The van der Waals surface area contributed by atoms with Gasteiger partial charge in [-0.05, 0) is 32.0 Å². The Bertz CT molecular complexity index is 633. The Morgan fingerprint density at radius 1 is 1.38 bits per heavy atom. The third-order valence-corrected chi connectivity index (χ3v) is 2.95. The number of nitrogens with one attached hydrogen (secondary N) is 1. The van der Waals surface area contributed by atoms with E-state index >= 15 is 0 Å². The van der Waals surface area contributed by atoms with Crippen LogP contribution in [0, 0.1) is 5.41 Å². The van der Waals surface area contributed by atoms with Crippen molar-refractivity contribution in [3.63, 3.8) is 0 Å². The number of aliphatic carboxylic acids is 1. The van der Waals surface area contributed by atoms with Crippen molar-refractivity contribution >= 4 is 17.6 Å². The van der Waals surface area contributed by atoms with Crippen LogP contribution in [0.3, 0.4) is 0 Å². The molecule has 0 aliphatic heterocycles. The highest BCUT2D eigenvalue weighted by atomic mass is 16.4. The van der Waals surface area contributed by atoms with Gasteiger partial charge < -0.3 is 10.4 Å². The zero-order chi connectivity index (χ0) is 15.5. The van der Waals surface area contributed by atoms with Gasteiger partial charge in [0.1, 0.15) is 0 Å². The molecule has 1 amide bonds. The van der Waals surface area contributed by atoms with Gasteiger partial charge in [-0.2, -0.15) is 5.10 Å². The molecule has 0 aliphatic rings. The van der Waals surface area contributed by atoms with Crippen molar-refractivity contribution in [1.29, 1.82) is 0 Å². The zero-order valence-corrected chi connectivity index (χ0v) is 11.8. The summed E-state index contributed by atoms with van der Waals surface area (Å²) in [6.07, 6.45) is 4.80. The number of pyridine rings is 1. The van der Waals surface area contributed by atoms with Crippen molar-refractivity contribution in [2.24, 2.45) is 5.41 Å². The van der Waals surface area contributed by atoms with E-state index in [9.17, 15) is 9.59 Å². The van der Waals surface area contributed by atoms with Crippen molar-refractivity contribution in [2.75, 3.05) is 5.32 Å². The van der Waals surface area contributed by atoms with Gasteiger partial charge in [0.2, 0.25) is 5.91 Å². The molecule has 2 aromatic rings. The number of anilines is 1. The number of carboxylic acids is 1. The Hall–Kier alpha value is -2.70. The molecule has 2 rings (SSSR count). The Labute approximate surface area is 121 Å². The molecule has 0 aromatic carbocycles. The lowest BCUT2D eigenvalue weighted by atomic mass is 9.89. The lowest BCUT2D eigenvalue weighted by Gasteiger charge is -2.18. The van der Waals surface area contributed by atoms with E-state index in [1.165, 1.54) is 20.0 Å². The minimum Gasteiger partial charge on any atom is -0.481 e. The lowest BCUT2D eigenvalue weighted by Crippen LogP contribution is -2.29. The van der Waals surface area contributed by atoms with Crippen LogP contribution in [0.15, 0.2) is 36.8 Å². The Morgan fingerprint density at radius 3 is 2.67 bits per heavy atom. The standard InChI is InChI=1S/C14H16N4O3/c1-14(2,13(20)21)8-12(19)17-10-4-5-11(15-9-10)18-7-3-6-16-18/h3-7,9H,8H2,1-2H3,(H,17,19)(H,20,21). The number of carbonyl (C=O) groups is 2. The van der Waals surface area contributed by atoms with Gasteiger partial charge >= 0.3 is 5.97 Å². The molecular formula is C14H16N4O3. The minimum absolute atomic E-state index is 0.108. The van der Waals surface area contributed by atoms with Crippen LogP contribution in [0.2, 0.25) is 0 Å². The average molecular weight is 288 g/mol. The van der Waals surface area contributed by atoms with Gasteiger partial charge in [0.25, 0.3) is 0 Å². The van der Waals surface area contributed by atoms with Crippen molar-refractivity contribution in [2.45, 2.75) is 20.3 Å². The quantitative estimate of drug-likeness (QED) is 0.872. The van der Waals surface area contributed by atoms with Crippen LogP contribution in [0.4, 0.5) is 5.69 Å². The number of nitrogens with zero attached hydrogens (tertiary/aromatic N) is 3. The van der Waals surface area contributed by atoms with Crippen molar-refractivity contribution in [1.82, 2.24) is 14.8 Å². The van der Waals surface area contributed by atoms with E-state index in [0.717, 1.165) is 0 Å². The maximum absolute atomic E-state index is 11.8. The first-order chi connectivity index (χ1) is 9.88. The van der Waals surface area contributed by atoms with E-state index < -0.39 is 11.4 Å². The summed E-state index contributed by atoms with van der Waals surface area (Å²) in [6, 6.07) is 5.19. The minimum atomic E-state index is -1.10. The van der Waals surface area contributed by atoms with E-state index in [1.54, 1.807) is 35.3 Å². The predicted octanol–water partition coefficient (Wildman–Crippen LogP) is 1.71. The zero-order valence-electron chi connectivity index (χ0n) is 11.8. The smallest absolute Gasteiger partial charge is 0.309 e.